The number of ether oxygens (including phenoxy) is 1. The normalized spacial score (nSPS) is 15.8. The molecule has 2 saturated carbocycles. The summed E-state index contributed by atoms with van der Waals surface area (Å²) in [5.74, 6) is 4.72. The number of allylic oxidation sites excluding steroid dienone is 6. The summed E-state index contributed by atoms with van der Waals surface area (Å²) in [4.78, 5) is 0. The third kappa shape index (κ3) is 22.7. The molecule has 2 atom stereocenters. The van der Waals surface area contributed by atoms with Crippen molar-refractivity contribution in [3.8, 4) is 0 Å². The Kier molecular flexibility index (Phi) is 27.2. The lowest BCUT2D eigenvalue weighted by molar-refractivity contribution is 0.276. The lowest BCUT2D eigenvalue weighted by Crippen LogP contribution is -2.06. The molecule has 2 fully saturated rings. The summed E-state index contributed by atoms with van der Waals surface area (Å²) in [7, 11) is 1.75. The number of methoxy groups -OCH3 is 1. The molecule has 0 saturated heterocycles. The summed E-state index contributed by atoms with van der Waals surface area (Å²) in [6.45, 7) is 18.1. The van der Waals surface area contributed by atoms with Crippen molar-refractivity contribution in [3.05, 3.63) is 70.5 Å². The average Bonchev–Trinajstić information content (AvgIpc) is 3.79. The summed E-state index contributed by atoms with van der Waals surface area (Å²) in [6.07, 6.45) is 25.7. The van der Waals surface area contributed by atoms with E-state index in [2.05, 4.69) is 111 Å². The van der Waals surface area contributed by atoms with Crippen molar-refractivity contribution in [2.24, 2.45) is 11.8 Å². The van der Waals surface area contributed by atoms with Gasteiger partial charge in [0.15, 0.2) is 0 Å². The number of hydrogen-bond acceptors (Lipinski definition) is 2. The molecule has 3 rings (SSSR count). The van der Waals surface area contributed by atoms with E-state index in [4.69, 9.17) is 4.74 Å². The Morgan fingerprint density at radius 3 is 1.88 bits per heavy atom. The van der Waals surface area contributed by atoms with Gasteiger partial charge >= 0.3 is 0 Å². The Morgan fingerprint density at radius 1 is 0.860 bits per heavy atom. The predicted molar refractivity (Wildman–Crippen MR) is 199 cm³/mol. The van der Waals surface area contributed by atoms with Crippen LogP contribution in [0.3, 0.4) is 0 Å². The lowest BCUT2D eigenvalue weighted by Gasteiger charge is -2.20. The third-order valence-corrected chi connectivity index (χ3v) is 9.24. The number of thiol groups is 1. The molecule has 0 aliphatic heterocycles. The quantitative estimate of drug-likeness (QED) is 0.0845. The van der Waals surface area contributed by atoms with Gasteiger partial charge < -0.3 is 4.74 Å². The lowest BCUT2D eigenvalue weighted by atomic mass is 9.85. The van der Waals surface area contributed by atoms with Crippen LogP contribution in [0.5, 0.6) is 0 Å². The second-order valence-corrected chi connectivity index (χ2v) is 13.5. The minimum atomic E-state index is 0.697. The van der Waals surface area contributed by atoms with Crippen molar-refractivity contribution in [1.29, 1.82) is 0 Å². The van der Waals surface area contributed by atoms with E-state index >= 15 is 0 Å². The number of benzene rings is 1. The van der Waals surface area contributed by atoms with E-state index in [-0.39, 0.29) is 0 Å². The minimum absolute atomic E-state index is 0.697. The Hall–Kier alpha value is -1.41. The van der Waals surface area contributed by atoms with Gasteiger partial charge in [0.25, 0.3) is 0 Å². The SMILES string of the molecule is CC1CC1.CCC/C(=C\C=C(\C)C(C)=C1CCC1)OC.CCCCCCC(C)C(C)c1ccccc1.CCCCCCS. The number of rotatable bonds is 16. The Balaban J connectivity index is 0.000000611. The zero-order valence-electron chi connectivity index (χ0n) is 30.1. The summed E-state index contributed by atoms with van der Waals surface area (Å²) in [5, 5.41) is 0. The van der Waals surface area contributed by atoms with Gasteiger partial charge in [0, 0.05) is 6.42 Å². The highest BCUT2D eigenvalue weighted by atomic mass is 32.1. The fraction of sp³-hybridized carbons (Fsp3) is 0.707. The minimum Gasteiger partial charge on any atom is -0.501 e. The highest BCUT2D eigenvalue weighted by Crippen LogP contribution is 2.31. The molecular weight excluding hydrogens is 541 g/mol. The van der Waals surface area contributed by atoms with Crippen molar-refractivity contribution < 1.29 is 4.74 Å². The van der Waals surface area contributed by atoms with Crippen molar-refractivity contribution in [3.63, 3.8) is 0 Å². The summed E-state index contributed by atoms with van der Waals surface area (Å²) < 4.78 is 5.32. The van der Waals surface area contributed by atoms with Gasteiger partial charge in [-0.2, -0.15) is 12.6 Å². The van der Waals surface area contributed by atoms with E-state index in [0.717, 1.165) is 36.2 Å². The molecule has 0 N–H and O–H groups in total. The van der Waals surface area contributed by atoms with Crippen molar-refractivity contribution in [2.45, 2.75) is 164 Å². The molecule has 1 aromatic rings. The van der Waals surface area contributed by atoms with Gasteiger partial charge in [-0.05, 0) is 92.2 Å². The van der Waals surface area contributed by atoms with E-state index in [0.29, 0.717) is 5.92 Å². The van der Waals surface area contributed by atoms with Crippen molar-refractivity contribution in [2.75, 3.05) is 12.9 Å². The van der Waals surface area contributed by atoms with Gasteiger partial charge in [-0.15, -0.1) is 0 Å². The molecule has 1 aromatic carbocycles. The first-order valence-electron chi connectivity index (χ1n) is 18.0. The van der Waals surface area contributed by atoms with Crippen LogP contribution < -0.4 is 0 Å². The first-order valence-corrected chi connectivity index (χ1v) is 18.6. The standard InChI is InChI=1S/C16H26.C15H24O.C6H14S.C4H8/c1-4-5-6-8-11-14(2)15(3)16-12-9-7-10-13-16;1-5-7-15(16-4)11-10-12(2)13(3)14-8-6-9-14;1-2-3-4-5-6-7;1-4-2-3-4/h7,9-10,12-15H,4-6,8,11H2,1-3H3;10-11H,5-9H2,1-4H3;7H,2-6H2,1H3;4H,2-3H2,1H3/b;12-10-,15-11+;;. The predicted octanol–water partition coefficient (Wildman–Crippen LogP) is 14.1. The van der Waals surface area contributed by atoms with Crippen LogP contribution in [-0.4, -0.2) is 12.9 Å². The first kappa shape index (κ1) is 41.6. The molecule has 2 unspecified atom stereocenters. The number of unbranched alkanes of at least 4 members (excludes halogenated alkanes) is 6. The molecule has 0 amide bonds. The fourth-order valence-corrected chi connectivity index (χ4v) is 5.01. The smallest absolute Gasteiger partial charge is 0.0955 e. The fourth-order valence-electron chi connectivity index (χ4n) is 4.78. The maximum absolute atomic E-state index is 5.32. The van der Waals surface area contributed by atoms with Crippen molar-refractivity contribution in [1.82, 2.24) is 0 Å². The van der Waals surface area contributed by atoms with E-state index in [1.165, 1.54) is 107 Å². The molecule has 2 heteroatoms. The molecule has 0 spiro atoms. The van der Waals surface area contributed by atoms with Gasteiger partial charge in [-0.1, -0.05) is 148 Å². The largest absolute Gasteiger partial charge is 0.501 e. The molecule has 2 aliphatic carbocycles. The van der Waals surface area contributed by atoms with Gasteiger partial charge in [0.2, 0.25) is 0 Å². The topological polar surface area (TPSA) is 9.23 Å². The van der Waals surface area contributed by atoms with Gasteiger partial charge in [-0.3, -0.25) is 0 Å². The van der Waals surface area contributed by atoms with Crippen LogP contribution >= 0.6 is 12.6 Å². The van der Waals surface area contributed by atoms with Gasteiger partial charge in [-0.25, -0.2) is 0 Å². The average molecular weight is 613 g/mol. The monoisotopic (exact) mass is 613 g/mol. The Labute approximate surface area is 275 Å². The Morgan fingerprint density at radius 2 is 1.44 bits per heavy atom. The van der Waals surface area contributed by atoms with Crippen LogP contribution in [0.4, 0.5) is 0 Å². The summed E-state index contributed by atoms with van der Waals surface area (Å²) >= 11 is 4.09. The zero-order chi connectivity index (χ0) is 32.3. The van der Waals surface area contributed by atoms with Crippen LogP contribution in [0.25, 0.3) is 0 Å². The maximum Gasteiger partial charge on any atom is 0.0955 e. The molecule has 43 heavy (non-hydrogen) atoms. The highest BCUT2D eigenvalue weighted by Gasteiger charge is 2.14. The van der Waals surface area contributed by atoms with E-state index in [1.807, 2.05) is 0 Å². The Bertz CT molecular complexity index is 851. The van der Waals surface area contributed by atoms with Gasteiger partial charge in [0.1, 0.15) is 0 Å². The van der Waals surface area contributed by atoms with Crippen LogP contribution in [-0.2, 0) is 4.74 Å². The van der Waals surface area contributed by atoms with E-state index in [1.54, 1.807) is 12.7 Å². The molecule has 0 heterocycles. The van der Waals surface area contributed by atoms with Gasteiger partial charge in [0.05, 0.1) is 12.9 Å². The second-order valence-electron chi connectivity index (χ2n) is 13.0. The first-order chi connectivity index (χ1) is 20.7. The van der Waals surface area contributed by atoms with E-state index in [9.17, 15) is 0 Å². The molecular formula is C41H72OS. The highest BCUT2D eigenvalue weighted by molar-refractivity contribution is 7.80. The van der Waals surface area contributed by atoms with Crippen LogP contribution in [0.1, 0.15) is 170 Å². The third-order valence-electron chi connectivity index (χ3n) is 8.93. The molecule has 1 nitrogen and oxygen atoms in total. The summed E-state index contributed by atoms with van der Waals surface area (Å²) in [5.41, 5.74) is 5.98. The molecule has 0 aromatic heterocycles. The van der Waals surface area contributed by atoms with Crippen LogP contribution in [0.2, 0.25) is 0 Å². The van der Waals surface area contributed by atoms with Crippen LogP contribution in [0, 0.1) is 11.8 Å². The zero-order valence-corrected chi connectivity index (χ0v) is 31.0. The number of hydrogen-bond donors (Lipinski definition) is 1. The molecule has 248 valence electrons. The molecule has 0 bridgehead atoms. The second kappa shape index (κ2) is 28.1. The summed E-state index contributed by atoms with van der Waals surface area (Å²) in [6, 6.07) is 10.9. The molecule has 2 aliphatic rings. The molecule has 0 radical (unpaired) electrons. The van der Waals surface area contributed by atoms with Crippen LogP contribution in [0.15, 0.2) is 65.0 Å². The van der Waals surface area contributed by atoms with E-state index < -0.39 is 0 Å². The maximum atomic E-state index is 5.32. The van der Waals surface area contributed by atoms with Crippen molar-refractivity contribution >= 4 is 12.6 Å².